The van der Waals surface area contributed by atoms with Crippen LogP contribution in [0.15, 0.2) is 49.3 Å². The normalized spacial score (nSPS) is 17.2. The van der Waals surface area contributed by atoms with Crippen LogP contribution in [0.5, 0.6) is 0 Å². The number of aromatic nitrogens is 3. The van der Waals surface area contributed by atoms with Crippen LogP contribution < -0.4 is 0 Å². The number of carbonyl (C=O) groups excluding carboxylic acids is 1. The van der Waals surface area contributed by atoms with Crippen molar-refractivity contribution < 1.29 is 4.79 Å². The monoisotopic (exact) mass is 319 g/mol. The Kier molecular flexibility index (Phi) is 3.60. The fourth-order valence-electron chi connectivity index (χ4n) is 3.88. The Morgan fingerprint density at radius 3 is 2.96 bits per heavy atom. The number of fused-ring (bicyclic) bond motifs is 3. The Bertz CT molecular complexity index is 932. The Labute approximate surface area is 141 Å². The molecule has 1 aliphatic carbocycles. The van der Waals surface area contributed by atoms with E-state index in [2.05, 4.69) is 32.8 Å². The van der Waals surface area contributed by atoms with Crippen LogP contribution in [0.2, 0.25) is 0 Å². The van der Waals surface area contributed by atoms with Crippen molar-refractivity contribution in [3.63, 3.8) is 0 Å². The zero-order valence-electron chi connectivity index (χ0n) is 13.9. The minimum Gasteiger partial charge on any atom is -0.340 e. The summed E-state index contributed by atoms with van der Waals surface area (Å²) in [4.78, 5) is 17.5. The summed E-state index contributed by atoms with van der Waals surface area (Å²) in [6.07, 6.45) is 7.47. The number of para-hydroxylation sites is 1. The Morgan fingerprint density at radius 1 is 1.38 bits per heavy atom. The number of ketones is 1. The summed E-state index contributed by atoms with van der Waals surface area (Å²) in [7, 11) is 0. The fraction of sp³-hybridized carbons (Fsp3) is 0.300. The first-order valence-corrected chi connectivity index (χ1v) is 8.43. The van der Waals surface area contributed by atoms with Gasteiger partial charge in [0.1, 0.15) is 5.82 Å². The standard InChI is InChI=1S/C20H21N3O/c1-3-11-23-17-7-5-4-6-16(17)19-18(23)9-8-15(20(19)24)13-22-12-10-21-14(22)2/h3-7,10,12,15H,1,8-9,11,13H2,2H3. The van der Waals surface area contributed by atoms with Gasteiger partial charge in [-0.1, -0.05) is 24.3 Å². The quantitative estimate of drug-likeness (QED) is 0.687. The molecule has 1 unspecified atom stereocenters. The highest BCUT2D eigenvalue weighted by atomic mass is 16.1. The summed E-state index contributed by atoms with van der Waals surface area (Å²) in [5, 5.41) is 1.08. The number of rotatable bonds is 4. The number of benzene rings is 1. The lowest BCUT2D eigenvalue weighted by atomic mass is 9.85. The largest absolute Gasteiger partial charge is 0.340 e. The summed E-state index contributed by atoms with van der Waals surface area (Å²) in [5.74, 6) is 1.25. The SMILES string of the molecule is C=CCn1c2c(c3ccccc31)C(=O)C(Cn1ccnc1C)CC2. The van der Waals surface area contributed by atoms with E-state index in [4.69, 9.17) is 0 Å². The second-order valence-corrected chi connectivity index (χ2v) is 6.46. The van der Waals surface area contributed by atoms with Crippen LogP contribution in [0.3, 0.4) is 0 Å². The second kappa shape index (κ2) is 5.78. The summed E-state index contributed by atoms with van der Waals surface area (Å²) < 4.78 is 4.32. The molecule has 0 bridgehead atoms. The molecule has 0 amide bonds. The van der Waals surface area contributed by atoms with Crippen molar-refractivity contribution in [1.29, 1.82) is 0 Å². The van der Waals surface area contributed by atoms with E-state index >= 15 is 0 Å². The number of hydrogen-bond donors (Lipinski definition) is 0. The third-order valence-electron chi connectivity index (χ3n) is 5.08. The first-order chi connectivity index (χ1) is 11.7. The molecule has 4 heteroatoms. The van der Waals surface area contributed by atoms with Crippen molar-refractivity contribution in [2.24, 2.45) is 5.92 Å². The molecule has 4 nitrogen and oxygen atoms in total. The summed E-state index contributed by atoms with van der Waals surface area (Å²) in [6.45, 7) is 7.31. The van der Waals surface area contributed by atoms with E-state index in [9.17, 15) is 4.79 Å². The van der Waals surface area contributed by atoms with E-state index in [0.717, 1.165) is 41.7 Å². The molecule has 0 aliphatic heterocycles. The van der Waals surface area contributed by atoms with Gasteiger partial charge >= 0.3 is 0 Å². The van der Waals surface area contributed by atoms with Gasteiger partial charge in [0.15, 0.2) is 5.78 Å². The molecule has 1 atom stereocenters. The molecule has 2 heterocycles. The predicted molar refractivity (Wildman–Crippen MR) is 95.2 cm³/mol. The zero-order valence-corrected chi connectivity index (χ0v) is 13.9. The molecule has 24 heavy (non-hydrogen) atoms. The molecule has 0 saturated carbocycles. The minimum atomic E-state index is 0.0217. The lowest BCUT2D eigenvalue weighted by Crippen LogP contribution is -2.27. The average Bonchev–Trinajstić information content (AvgIpc) is 3.13. The van der Waals surface area contributed by atoms with E-state index in [-0.39, 0.29) is 11.7 Å². The highest BCUT2D eigenvalue weighted by Gasteiger charge is 2.32. The number of Topliss-reactive ketones (excluding diaryl/α,β-unsaturated/α-hetero) is 1. The average molecular weight is 319 g/mol. The van der Waals surface area contributed by atoms with Crippen molar-refractivity contribution in [2.45, 2.75) is 32.9 Å². The number of aryl methyl sites for hydroxylation is 1. The van der Waals surface area contributed by atoms with Crippen molar-refractivity contribution in [3.8, 4) is 0 Å². The van der Waals surface area contributed by atoms with Crippen molar-refractivity contribution in [2.75, 3.05) is 0 Å². The van der Waals surface area contributed by atoms with Gasteiger partial charge in [-0.15, -0.1) is 6.58 Å². The van der Waals surface area contributed by atoms with Crippen LogP contribution in [0.4, 0.5) is 0 Å². The van der Waals surface area contributed by atoms with E-state index in [0.29, 0.717) is 6.54 Å². The summed E-state index contributed by atoms with van der Waals surface area (Å²) in [6, 6.07) is 8.21. The maximum atomic E-state index is 13.2. The van der Waals surface area contributed by atoms with Crippen LogP contribution in [-0.2, 0) is 19.5 Å². The van der Waals surface area contributed by atoms with Crippen molar-refractivity contribution in [1.82, 2.24) is 14.1 Å². The van der Waals surface area contributed by atoms with Gasteiger partial charge in [-0.3, -0.25) is 4.79 Å². The van der Waals surface area contributed by atoms with Gasteiger partial charge in [0.2, 0.25) is 0 Å². The maximum Gasteiger partial charge on any atom is 0.170 e. The van der Waals surface area contributed by atoms with E-state index in [1.165, 1.54) is 5.69 Å². The topological polar surface area (TPSA) is 39.8 Å². The summed E-state index contributed by atoms with van der Waals surface area (Å²) >= 11 is 0. The molecule has 122 valence electrons. The first kappa shape index (κ1) is 14.9. The zero-order chi connectivity index (χ0) is 16.7. The Balaban J connectivity index is 1.78. The van der Waals surface area contributed by atoms with Crippen molar-refractivity contribution in [3.05, 3.63) is 66.4 Å². The molecule has 0 saturated heterocycles. The molecule has 0 N–H and O–H groups in total. The molecule has 1 aromatic carbocycles. The number of allylic oxidation sites excluding steroid dienone is 1. The number of imidazole rings is 1. The van der Waals surface area contributed by atoms with Gasteiger partial charge in [-0.05, 0) is 25.8 Å². The van der Waals surface area contributed by atoms with Crippen LogP contribution >= 0.6 is 0 Å². The molecular weight excluding hydrogens is 298 g/mol. The smallest absolute Gasteiger partial charge is 0.170 e. The van der Waals surface area contributed by atoms with Crippen LogP contribution in [0.1, 0.15) is 28.3 Å². The molecule has 0 fully saturated rings. The molecule has 4 rings (SSSR count). The number of hydrogen-bond acceptors (Lipinski definition) is 2. The lowest BCUT2D eigenvalue weighted by Gasteiger charge is -2.23. The maximum absolute atomic E-state index is 13.2. The Morgan fingerprint density at radius 2 is 2.21 bits per heavy atom. The molecular formula is C20H21N3O. The van der Waals surface area contributed by atoms with Gasteiger partial charge < -0.3 is 9.13 Å². The molecule has 0 radical (unpaired) electrons. The number of nitrogens with zero attached hydrogens (tertiary/aromatic N) is 3. The van der Waals surface area contributed by atoms with Gasteiger partial charge in [0.25, 0.3) is 0 Å². The lowest BCUT2D eigenvalue weighted by molar-refractivity contribution is 0.0888. The molecule has 1 aliphatic rings. The first-order valence-electron chi connectivity index (χ1n) is 8.43. The van der Waals surface area contributed by atoms with Crippen LogP contribution in [0.25, 0.3) is 10.9 Å². The second-order valence-electron chi connectivity index (χ2n) is 6.46. The van der Waals surface area contributed by atoms with Crippen LogP contribution in [0, 0.1) is 12.8 Å². The van der Waals surface area contributed by atoms with Gasteiger partial charge in [-0.2, -0.15) is 0 Å². The Hall–Kier alpha value is -2.62. The molecule has 3 aromatic rings. The van der Waals surface area contributed by atoms with E-state index < -0.39 is 0 Å². The third kappa shape index (κ3) is 2.21. The highest BCUT2D eigenvalue weighted by Crippen LogP contribution is 2.35. The number of carbonyl (C=O) groups is 1. The van der Waals surface area contributed by atoms with Gasteiger partial charge in [0, 0.05) is 53.6 Å². The van der Waals surface area contributed by atoms with E-state index in [1.807, 2.05) is 31.3 Å². The van der Waals surface area contributed by atoms with Gasteiger partial charge in [0.05, 0.1) is 0 Å². The third-order valence-corrected chi connectivity index (χ3v) is 5.08. The molecule has 2 aromatic heterocycles. The fourth-order valence-corrected chi connectivity index (χ4v) is 3.88. The summed E-state index contributed by atoms with van der Waals surface area (Å²) in [5.41, 5.74) is 3.22. The minimum absolute atomic E-state index is 0.0217. The van der Waals surface area contributed by atoms with E-state index in [1.54, 1.807) is 6.20 Å². The van der Waals surface area contributed by atoms with Gasteiger partial charge in [-0.25, -0.2) is 4.98 Å². The predicted octanol–water partition coefficient (Wildman–Crippen LogP) is 3.78. The highest BCUT2D eigenvalue weighted by molar-refractivity contribution is 6.11. The van der Waals surface area contributed by atoms with Crippen LogP contribution in [-0.4, -0.2) is 19.9 Å². The van der Waals surface area contributed by atoms with Crippen molar-refractivity contribution >= 4 is 16.7 Å². The molecule has 0 spiro atoms.